The fourth-order valence-electron chi connectivity index (χ4n) is 4.35. The molecular formula is C25H33N5O. The average Bonchev–Trinajstić information content (AvgIpc) is 3.18. The molecule has 2 aromatic heterocycles. The number of hydrogen-bond acceptors (Lipinski definition) is 4. The van der Waals surface area contributed by atoms with Crippen LogP contribution in [0.2, 0.25) is 0 Å². The molecule has 164 valence electrons. The van der Waals surface area contributed by atoms with Gasteiger partial charge in [0.2, 0.25) is 0 Å². The van der Waals surface area contributed by atoms with E-state index >= 15 is 0 Å². The minimum atomic E-state index is 0.000240. The molecule has 0 atom stereocenters. The van der Waals surface area contributed by atoms with Gasteiger partial charge in [0.1, 0.15) is 11.5 Å². The van der Waals surface area contributed by atoms with E-state index < -0.39 is 0 Å². The van der Waals surface area contributed by atoms with Crippen LogP contribution in [0.15, 0.2) is 48.7 Å². The summed E-state index contributed by atoms with van der Waals surface area (Å²) in [5.41, 5.74) is 3.98. The minimum absolute atomic E-state index is 0.000240. The third-order valence-corrected chi connectivity index (χ3v) is 6.27. The highest BCUT2D eigenvalue weighted by Crippen LogP contribution is 2.23. The molecular weight excluding hydrogens is 386 g/mol. The zero-order valence-electron chi connectivity index (χ0n) is 18.8. The van der Waals surface area contributed by atoms with E-state index in [9.17, 15) is 4.79 Å². The average molecular weight is 420 g/mol. The van der Waals surface area contributed by atoms with Crippen LogP contribution in [-0.2, 0) is 13.0 Å². The van der Waals surface area contributed by atoms with Gasteiger partial charge in [-0.05, 0) is 43.9 Å². The van der Waals surface area contributed by atoms with Gasteiger partial charge in [0.15, 0.2) is 0 Å². The Labute approximate surface area is 184 Å². The van der Waals surface area contributed by atoms with Crippen molar-refractivity contribution in [1.29, 1.82) is 0 Å². The molecule has 31 heavy (non-hydrogen) atoms. The fraction of sp³-hybridized carbons (Fsp3) is 0.440. The van der Waals surface area contributed by atoms with Gasteiger partial charge in [-0.15, -0.1) is 0 Å². The number of rotatable bonds is 7. The van der Waals surface area contributed by atoms with Gasteiger partial charge in [0.05, 0.1) is 11.3 Å². The van der Waals surface area contributed by atoms with Gasteiger partial charge in [0.25, 0.3) is 5.91 Å². The monoisotopic (exact) mass is 419 g/mol. The van der Waals surface area contributed by atoms with Crippen LogP contribution in [0.5, 0.6) is 0 Å². The largest absolute Gasteiger partial charge is 0.360 e. The molecule has 1 amide bonds. The maximum Gasteiger partial charge on any atom is 0.252 e. The highest BCUT2D eigenvalue weighted by atomic mass is 16.1. The lowest BCUT2D eigenvalue weighted by atomic mass is 10.0. The summed E-state index contributed by atoms with van der Waals surface area (Å²) in [6.07, 6.45) is 4.76. The molecule has 3 heterocycles. The Kier molecular flexibility index (Phi) is 6.56. The van der Waals surface area contributed by atoms with Gasteiger partial charge in [-0.1, -0.05) is 37.3 Å². The van der Waals surface area contributed by atoms with Crippen molar-refractivity contribution in [2.45, 2.75) is 45.7 Å². The normalized spacial score (nSPS) is 15.3. The number of imidazole rings is 1. The summed E-state index contributed by atoms with van der Waals surface area (Å²) in [6.45, 7) is 8.12. The molecule has 0 aliphatic carbocycles. The Balaban J connectivity index is 1.41. The van der Waals surface area contributed by atoms with E-state index in [0.717, 1.165) is 62.6 Å². The highest BCUT2D eigenvalue weighted by molar-refractivity contribution is 5.94. The molecule has 1 fully saturated rings. The number of nitrogens with one attached hydrogen (secondary N) is 1. The van der Waals surface area contributed by atoms with E-state index in [-0.39, 0.29) is 11.9 Å². The number of anilines is 1. The number of pyridine rings is 1. The second-order valence-corrected chi connectivity index (χ2v) is 8.41. The fourth-order valence-corrected chi connectivity index (χ4v) is 4.35. The second kappa shape index (κ2) is 9.52. The molecule has 4 rings (SSSR count). The first-order valence-corrected chi connectivity index (χ1v) is 11.4. The molecule has 0 radical (unpaired) electrons. The highest BCUT2D eigenvalue weighted by Gasteiger charge is 2.22. The van der Waals surface area contributed by atoms with E-state index in [0.29, 0.717) is 5.56 Å². The van der Waals surface area contributed by atoms with E-state index in [4.69, 9.17) is 4.98 Å². The van der Waals surface area contributed by atoms with E-state index in [2.05, 4.69) is 70.7 Å². The number of aromatic nitrogens is 2. The number of benzene rings is 1. The molecule has 3 aromatic rings. The summed E-state index contributed by atoms with van der Waals surface area (Å²) < 4.78 is 2.06. The van der Waals surface area contributed by atoms with Crippen LogP contribution >= 0.6 is 0 Å². The van der Waals surface area contributed by atoms with Gasteiger partial charge < -0.3 is 10.2 Å². The maximum atomic E-state index is 13.0. The first-order chi connectivity index (χ1) is 15.1. The van der Waals surface area contributed by atoms with Crippen molar-refractivity contribution < 1.29 is 4.79 Å². The number of fused-ring (bicyclic) bond motifs is 1. The zero-order chi connectivity index (χ0) is 21.8. The lowest BCUT2D eigenvalue weighted by molar-refractivity contribution is 0.0908. The molecule has 6 heteroatoms. The number of nitrogens with zero attached hydrogens (tertiary/aromatic N) is 4. The van der Waals surface area contributed by atoms with Crippen LogP contribution in [0, 0.1) is 0 Å². The van der Waals surface area contributed by atoms with Crippen LogP contribution in [0.4, 0.5) is 5.82 Å². The SMILES string of the molecule is CCc1nc2ccc(C(=O)NC3CCN(Cc4ccccc4)CC3)cn2c1N(C)CC. The lowest BCUT2D eigenvalue weighted by Crippen LogP contribution is -2.44. The van der Waals surface area contributed by atoms with E-state index in [1.807, 2.05) is 18.3 Å². The summed E-state index contributed by atoms with van der Waals surface area (Å²) in [4.78, 5) is 22.4. The van der Waals surface area contributed by atoms with Crippen molar-refractivity contribution in [1.82, 2.24) is 19.6 Å². The van der Waals surface area contributed by atoms with Gasteiger partial charge in [-0.25, -0.2) is 4.98 Å². The van der Waals surface area contributed by atoms with E-state index in [1.54, 1.807) is 0 Å². The number of likely N-dealkylation sites (tertiary alicyclic amines) is 1. The first kappa shape index (κ1) is 21.4. The van der Waals surface area contributed by atoms with Crippen molar-refractivity contribution in [3.8, 4) is 0 Å². The summed E-state index contributed by atoms with van der Waals surface area (Å²) in [7, 11) is 2.07. The van der Waals surface area contributed by atoms with Crippen molar-refractivity contribution >= 4 is 17.4 Å². The van der Waals surface area contributed by atoms with Crippen molar-refractivity contribution in [3.63, 3.8) is 0 Å². The summed E-state index contributed by atoms with van der Waals surface area (Å²) in [6, 6.07) is 14.6. The third kappa shape index (κ3) is 4.74. The minimum Gasteiger partial charge on any atom is -0.360 e. The number of hydrogen-bond donors (Lipinski definition) is 1. The molecule has 1 N–H and O–H groups in total. The van der Waals surface area contributed by atoms with Crippen LogP contribution < -0.4 is 10.2 Å². The predicted octanol–water partition coefficient (Wildman–Crippen LogP) is 3.75. The maximum absolute atomic E-state index is 13.0. The third-order valence-electron chi connectivity index (χ3n) is 6.27. The molecule has 0 spiro atoms. The quantitative estimate of drug-likeness (QED) is 0.634. The van der Waals surface area contributed by atoms with Gasteiger partial charge in [-0.3, -0.25) is 14.1 Å². The molecule has 0 unspecified atom stereocenters. The molecule has 1 aliphatic rings. The number of piperidine rings is 1. The molecule has 0 bridgehead atoms. The Morgan fingerprint density at radius 2 is 1.87 bits per heavy atom. The number of aryl methyl sites for hydroxylation is 1. The summed E-state index contributed by atoms with van der Waals surface area (Å²) in [5, 5.41) is 3.25. The standard InChI is InChI=1S/C25H33N5O/c1-4-22-25(28(3)5-2)30-18-20(11-12-23(30)27-22)24(31)26-21-13-15-29(16-14-21)17-19-9-7-6-8-10-19/h6-12,18,21H,4-5,13-17H2,1-3H3,(H,26,31). The number of carbonyl (C=O) groups is 1. The smallest absolute Gasteiger partial charge is 0.252 e. The Morgan fingerprint density at radius 1 is 1.13 bits per heavy atom. The summed E-state index contributed by atoms with van der Waals surface area (Å²) in [5.74, 6) is 1.07. The molecule has 6 nitrogen and oxygen atoms in total. The Hall–Kier alpha value is -2.86. The van der Waals surface area contributed by atoms with Crippen molar-refractivity contribution in [2.24, 2.45) is 0 Å². The molecule has 1 aliphatic heterocycles. The van der Waals surface area contributed by atoms with Crippen LogP contribution in [0.1, 0.15) is 48.3 Å². The van der Waals surface area contributed by atoms with Crippen LogP contribution in [0.25, 0.3) is 5.65 Å². The van der Waals surface area contributed by atoms with E-state index in [1.165, 1.54) is 5.56 Å². The summed E-state index contributed by atoms with van der Waals surface area (Å²) >= 11 is 0. The Morgan fingerprint density at radius 3 is 2.55 bits per heavy atom. The van der Waals surface area contributed by atoms with Crippen LogP contribution in [-0.4, -0.2) is 52.9 Å². The van der Waals surface area contributed by atoms with Crippen LogP contribution in [0.3, 0.4) is 0 Å². The Bertz CT molecular complexity index is 1020. The zero-order valence-corrected chi connectivity index (χ0v) is 18.8. The number of carbonyl (C=O) groups excluding carboxylic acids is 1. The van der Waals surface area contributed by atoms with Crippen molar-refractivity contribution in [3.05, 3.63) is 65.5 Å². The molecule has 0 saturated carbocycles. The lowest BCUT2D eigenvalue weighted by Gasteiger charge is -2.32. The first-order valence-electron chi connectivity index (χ1n) is 11.4. The molecule has 1 saturated heterocycles. The predicted molar refractivity (Wildman–Crippen MR) is 126 cm³/mol. The molecule has 1 aromatic carbocycles. The van der Waals surface area contributed by atoms with Crippen molar-refractivity contribution in [2.75, 3.05) is 31.6 Å². The van der Waals surface area contributed by atoms with Gasteiger partial charge >= 0.3 is 0 Å². The van der Waals surface area contributed by atoms with Gasteiger partial charge in [0, 0.05) is 45.5 Å². The van der Waals surface area contributed by atoms with Gasteiger partial charge in [-0.2, -0.15) is 0 Å². The second-order valence-electron chi connectivity index (χ2n) is 8.41. The number of amides is 1. The topological polar surface area (TPSA) is 52.9 Å².